The van der Waals surface area contributed by atoms with E-state index in [1.54, 1.807) is 55.5 Å². The molecule has 2 atom stereocenters. The Balaban J connectivity index is 0.000000188. The number of nitrogens with one attached hydrogen (secondary N) is 2. The van der Waals surface area contributed by atoms with Crippen LogP contribution in [0.1, 0.15) is 51.2 Å². The highest BCUT2D eigenvalue weighted by atomic mass is 35.5. The van der Waals surface area contributed by atoms with Crippen LogP contribution in [0.5, 0.6) is 0 Å². The van der Waals surface area contributed by atoms with Crippen LogP contribution in [-0.2, 0) is 12.4 Å². The number of halogens is 7. The van der Waals surface area contributed by atoms with Gasteiger partial charge < -0.3 is 9.97 Å². The van der Waals surface area contributed by atoms with Crippen molar-refractivity contribution in [1.82, 2.24) is 19.8 Å². The SMILES string of the molecule is CN(C)C(c1ccccc1C(F)(F)F)c1c[nH]c2ccc(Cl)cc12.Cc1[nH]c2ccccc2c1C(c1ccc(C(F)(F)F)cc1)N(C)C. The van der Waals surface area contributed by atoms with Gasteiger partial charge in [-0.15, -0.1) is 0 Å². The Morgan fingerprint density at radius 3 is 1.90 bits per heavy atom. The molecule has 6 rings (SSSR count). The zero-order valence-corrected chi connectivity index (χ0v) is 27.7. The summed E-state index contributed by atoms with van der Waals surface area (Å²) in [5, 5.41) is 2.46. The highest BCUT2D eigenvalue weighted by molar-refractivity contribution is 6.31. The molecular formula is C37H35ClF6N4. The van der Waals surface area contributed by atoms with Crippen LogP contribution in [0.3, 0.4) is 0 Å². The number of H-pyrrole nitrogens is 2. The molecular weight excluding hydrogens is 650 g/mol. The summed E-state index contributed by atoms with van der Waals surface area (Å²) in [6, 6.07) is 23.8. The smallest absolute Gasteiger partial charge is 0.361 e. The summed E-state index contributed by atoms with van der Waals surface area (Å²) in [5.74, 6) is 0. The second kappa shape index (κ2) is 13.7. The van der Waals surface area contributed by atoms with Gasteiger partial charge in [-0.25, -0.2) is 0 Å². The van der Waals surface area contributed by atoms with Crippen LogP contribution in [0.25, 0.3) is 21.8 Å². The molecule has 6 aromatic rings. The van der Waals surface area contributed by atoms with Gasteiger partial charge in [0.25, 0.3) is 0 Å². The quantitative estimate of drug-likeness (QED) is 0.171. The Labute approximate surface area is 279 Å². The lowest BCUT2D eigenvalue weighted by molar-refractivity contribution is -0.139. The van der Waals surface area contributed by atoms with Gasteiger partial charge in [0.15, 0.2) is 0 Å². The van der Waals surface area contributed by atoms with Crippen molar-refractivity contribution in [3.05, 3.63) is 141 Å². The van der Waals surface area contributed by atoms with Crippen molar-refractivity contribution in [1.29, 1.82) is 0 Å². The second-order valence-corrected chi connectivity index (χ2v) is 12.5. The molecule has 0 spiro atoms. The van der Waals surface area contributed by atoms with Crippen molar-refractivity contribution in [3.8, 4) is 0 Å². The van der Waals surface area contributed by atoms with E-state index >= 15 is 0 Å². The molecule has 0 aliphatic carbocycles. The molecule has 252 valence electrons. The largest absolute Gasteiger partial charge is 0.416 e. The fourth-order valence-corrected chi connectivity index (χ4v) is 6.46. The molecule has 0 aliphatic heterocycles. The molecule has 0 saturated carbocycles. The number of fused-ring (bicyclic) bond motifs is 2. The van der Waals surface area contributed by atoms with E-state index in [0.29, 0.717) is 5.02 Å². The standard InChI is InChI=1S/C19H19F3N2.C18H16ClF3N2/c1-12-17(15-6-4-5-7-16(15)23-12)18(24(2)3)13-8-10-14(11-9-13)19(20,21)22;1-24(2)17(12-5-3-4-6-15(12)18(20,21)22)14-10-23-16-8-7-11(19)9-13(14)16/h4-11,18,23H,1-3H3;3-10,17,23H,1-2H3. The van der Waals surface area contributed by atoms with Crippen LogP contribution in [-0.4, -0.2) is 48.0 Å². The van der Waals surface area contributed by atoms with E-state index in [4.69, 9.17) is 11.6 Å². The zero-order chi connectivity index (χ0) is 35.0. The van der Waals surface area contributed by atoms with E-state index in [2.05, 4.69) is 9.97 Å². The molecule has 48 heavy (non-hydrogen) atoms. The van der Waals surface area contributed by atoms with Crippen molar-refractivity contribution < 1.29 is 26.3 Å². The Morgan fingerprint density at radius 1 is 0.646 bits per heavy atom. The van der Waals surface area contributed by atoms with Gasteiger partial charge in [-0.05, 0) is 94.3 Å². The molecule has 0 radical (unpaired) electrons. The number of alkyl halides is 6. The average molecular weight is 685 g/mol. The van der Waals surface area contributed by atoms with E-state index in [1.807, 2.05) is 56.3 Å². The zero-order valence-electron chi connectivity index (χ0n) is 26.9. The van der Waals surface area contributed by atoms with Gasteiger partial charge in [0.1, 0.15) is 0 Å². The van der Waals surface area contributed by atoms with E-state index in [9.17, 15) is 26.3 Å². The number of rotatable bonds is 6. The molecule has 0 fully saturated rings. The minimum absolute atomic E-state index is 0.122. The molecule has 11 heteroatoms. The lowest BCUT2D eigenvalue weighted by atomic mass is 9.93. The van der Waals surface area contributed by atoms with E-state index in [0.717, 1.165) is 62.4 Å². The fraction of sp³-hybridized carbons (Fsp3) is 0.243. The van der Waals surface area contributed by atoms with Crippen molar-refractivity contribution in [3.63, 3.8) is 0 Å². The molecule has 2 N–H and O–H groups in total. The number of para-hydroxylation sites is 1. The number of aryl methyl sites for hydroxylation is 1. The van der Waals surface area contributed by atoms with Crippen LogP contribution in [0.15, 0.2) is 97.2 Å². The van der Waals surface area contributed by atoms with Crippen molar-refractivity contribution in [2.45, 2.75) is 31.4 Å². The predicted molar refractivity (Wildman–Crippen MR) is 180 cm³/mol. The van der Waals surface area contributed by atoms with Crippen LogP contribution in [0, 0.1) is 6.92 Å². The van der Waals surface area contributed by atoms with Gasteiger partial charge in [-0.2, -0.15) is 26.3 Å². The first-order valence-electron chi connectivity index (χ1n) is 15.1. The summed E-state index contributed by atoms with van der Waals surface area (Å²) in [6.07, 6.45) is -6.98. The maximum Gasteiger partial charge on any atom is 0.416 e. The Hall–Kier alpha value is -4.25. The van der Waals surface area contributed by atoms with Crippen LogP contribution >= 0.6 is 11.6 Å². The average Bonchev–Trinajstić information content (AvgIpc) is 3.57. The minimum Gasteiger partial charge on any atom is -0.361 e. The maximum atomic E-state index is 13.4. The normalized spacial score (nSPS) is 13.6. The molecule has 2 unspecified atom stereocenters. The topological polar surface area (TPSA) is 38.1 Å². The highest BCUT2D eigenvalue weighted by Crippen LogP contribution is 2.41. The van der Waals surface area contributed by atoms with Crippen LogP contribution < -0.4 is 0 Å². The maximum absolute atomic E-state index is 13.4. The van der Waals surface area contributed by atoms with Gasteiger partial charge >= 0.3 is 12.4 Å². The van der Waals surface area contributed by atoms with Gasteiger partial charge in [-0.1, -0.05) is 60.1 Å². The molecule has 2 aromatic heterocycles. The molecule has 2 heterocycles. The summed E-state index contributed by atoms with van der Waals surface area (Å²) in [7, 11) is 7.40. The van der Waals surface area contributed by atoms with Gasteiger partial charge in [-0.3, -0.25) is 9.80 Å². The van der Waals surface area contributed by atoms with Crippen molar-refractivity contribution >= 4 is 33.4 Å². The number of hydrogen-bond acceptors (Lipinski definition) is 2. The summed E-state index contributed by atoms with van der Waals surface area (Å²) in [6.45, 7) is 2.00. The van der Waals surface area contributed by atoms with E-state index < -0.39 is 29.5 Å². The Kier molecular flexibility index (Phi) is 10.0. The van der Waals surface area contributed by atoms with Gasteiger partial charge in [0.2, 0.25) is 0 Å². The molecule has 0 aliphatic rings. The van der Waals surface area contributed by atoms with Crippen molar-refractivity contribution in [2.75, 3.05) is 28.2 Å². The Morgan fingerprint density at radius 2 is 1.27 bits per heavy atom. The second-order valence-electron chi connectivity index (χ2n) is 12.1. The number of nitrogens with zero attached hydrogens (tertiary/aromatic N) is 2. The van der Waals surface area contributed by atoms with Crippen molar-refractivity contribution in [2.24, 2.45) is 0 Å². The van der Waals surface area contributed by atoms with Crippen LogP contribution in [0.2, 0.25) is 5.02 Å². The third-order valence-electron chi connectivity index (χ3n) is 8.33. The van der Waals surface area contributed by atoms with Crippen LogP contribution in [0.4, 0.5) is 26.3 Å². The molecule has 4 aromatic carbocycles. The lowest BCUT2D eigenvalue weighted by Crippen LogP contribution is -2.24. The summed E-state index contributed by atoms with van der Waals surface area (Å²) in [5.41, 5.74) is 4.55. The van der Waals surface area contributed by atoms with Gasteiger partial charge in [0, 0.05) is 44.3 Å². The third kappa shape index (κ3) is 7.26. The number of hydrogen-bond donors (Lipinski definition) is 2. The number of aromatic amines is 2. The highest BCUT2D eigenvalue weighted by Gasteiger charge is 2.36. The number of aromatic nitrogens is 2. The summed E-state index contributed by atoms with van der Waals surface area (Å²) in [4.78, 5) is 10.3. The first-order chi connectivity index (χ1) is 22.6. The van der Waals surface area contributed by atoms with E-state index in [-0.39, 0.29) is 11.6 Å². The number of benzene rings is 4. The summed E-state index contributed by atoms with van der Waals surface area (Å²) < 4.78 is 78.8. The predicted octanol–water partition coefficient (Wildman–Crippen LogP) is 10.6. The lowest BCUT2D eigenvalue weighted by Gasteiger charge is -2.27. The fourth-order valence-electron chi connectivity index (χ4n) is 6.29. The third-order valence-corrected chi connectivity index (χ3v) is 8.57. The monoisotopic (exact) mass is 684 g/mol. The molecule has 0 saturated heterocycles. The molecule has 0 bridgehead atoms. The molecule has 0 amide bonds. The van der Waals surface area contributed by atoms with Gasteiger partial charge in [0.05, 0.1) is 23.2 Å². The molecule has 4 nitrogen and oxygen atoms in total. The summed E-state index contributed by atoms with van der Waals surface area (Å²) >= 11 is 6.07. The minimum atomic E-state index is -4.41. The Bertz CT molecular complexity index is 2010. The first-order valence-corrected chi connectivity index (χ1v) is 15.5. The van der Waals surface area contributed by atoms with E-state index in [1.165, 1.54) is 12.1 Å². The first kappa shape index (κ1) is 35.1.